The Hall–Kier alpha value is -2.34. The average Bonchev–Trinajstić information content (AvgIpc) is 3.05. The lowest BCUT2D eigenvalue weighted by Crippen LogP contribution is -2.30. The quantitative estimate of drug-likeness (QED) is 0.615. The van der Waals surface area contributed by atoms with Gasteiger partial charge in [-0.1, -0.05) is 32.9 Å². The van der Waals surface area contributed by atoms with Gasteiger partial charge >= 0.3 is 5.97 Å². The van der Waals surface area contributed by atoms with Crippen LogP contribution in [0.25, 0.3) is 0 Å². The summed E-state index contributed by atoms with van der Waals surface area (Å²) in [5.74, 6) is -0.000626. The molecule has 0 saturated heterocycles. The molecule has 1 heterocycles. The topological polar surface area (TPSA) is 64.6 Å². The van der Waals surface area contributed by atoms with Gasteiger partial charge in [0, 0.05) is 4.88 Å². The summed E-state index contributed by atoms with van der Waals surface area (Å²) < 4.78 is 11.1. The van der Waals surface area contributed by atoms with Crippen molar-refractivity contribution in [2.75, 3.05) is 11.9 Å². The molecule has 1 aliphatic rings. The van der Waals surface area contributed by atoms with Crippen LogP contribution in [-0.4, -0.2) is 24.6 Å². The van der Waals surface area contributed by atoms with Gasteiger partial charge in [0.25, 0.3) is 5.91 Å². The summed E-state index contributed by atoms with van der Waals surface area (Å²) in [7, 11) is 0. The van der Waals surface area contributed by atoms with Gasteiger partial charge in [-0.25, -0.2) is 4.79 Å². The van der Waals surface area contributed by atoms with Crippen LogP contribution in [0.4, 0.5) is 5.00 Å². The van der Waals surface area contributed by atoms with Crippen molar-refractivity contribution in [3.8, 4) is 5.75 Å². The first-order chi connectivity index (χ1) is 14.2. The molecule has 1 aromatic carbocycles. The van der Waals surface area contributed by atoms with Crippen LogP contribution in [0.15, 0.2) is 24.3 Å². The molecule has 1 N–H and O–H groups in total. The molecule has 3 rings (SSSR count). The smallest absolute Gasteiger partial charge is 0.341 e. The zero-order valence-corrected chi connectivity index (χ0v) is 19.3. The van der Waals surface area contributed by atoms with Crippen LogP contribution >= 0.6 is 11.3 Å². The third-order valence-corrected chi connectivity index (χ3v) is 6.50. The first-order valence-corrected chi connectivity index (χ1v) is 11.4. The number of ether oxygens (including phenoxy) is 2. The Morgan fingerprint density at radius 3 is 2.43 bits per heavy atom. The molecule has 0 saturated carbocycles. The Morgan fingerprint density at radius 1 is 1.13 bits per heavy atom. The normalized spacial score (nSPS) is 14.6. The van der Waals surface area contributed by atoms with Crippen molar-refractivity contribution >= 4 is 28.2 Å². The summed E-state index contributed by atoms with van der Waals surface area (Å²) in [5.41, 5.74) is 2.82. The van der Waals surface area contributed by atoms with E-state index in [1.165, 1.54) is 21.8 Å². The number of thiophene rings is 1. The molecule has 1 aromatic heterocycles. The lowest BCUT2D eigenvalue weighted by Gasteiger charge is -2.20. The summed E-state index contributed by atoms with van der Waals surface area (Å²) in [6.45, 7) is 10.3. The van der Waals surface area contributed by atoms with E-state index in [2.05, 4.69) is 26.1 Å². The third kappa shape index (κ3) is 5.04. The summed E-state index contributed by atoms with van der Waals surface area (Å²) in [6, 6.07) is 7.81. The number of anilines is 1. The van der Waals surface area contributed by atoms with E-state index in [4.69, 9.17) is 9.47 Å². The molecule has 2 aromatic rings. The number of nitrogens with one attached hydrogen (secondary N) is 1. The number of hydrogen-bond donors (Lipinski definition) is 1. The number of benzene rings is 1. The zero-order valence-electron chi connectivity index (χ0n) is 18.5. The highest BCUT2D eigenvalue weighted by Gasteiger charge is 2.28. The molecule has 0 unspecified atom stereocenters. The van der Waals surface area contributed by atoms with Crippen molar-refractivity contribution in [1.82, 2.24) is 0 Å². The van der Waals surface area contributed by atoms with Crippen LogP contribution in [-0.2, 0) is 27.8 Å². The van der Waals surface area contributed by atoms with Crippen LogP contribution in [0.1, 0.15) is 73.8 Å². The minimum absolute atomic E-state index is 0.0588. The molecule has 0 radical (unpaired) electrons. The fraction of sp³-hybridized carbons (Fsp3) is 0.500. The first-order valence-electron chi connectivity index (χ1n) is 10.6. The molecule has 1 amide bonds. The average molecular weight is 430 g/mol. The van der Waals surface area contributed by atoms with Crippen molar-refractivity contribution in [2.24, 2.45) is 0 Å². The molecular weight excluding hydrogens is 398 g/mol. The molecule has 1 aliphatic carbocycles. The molecule has 30 heavy (non-hydrogen) atoms. The summed E-state index contributed by atoms with van der Waals surface area (Å²) >= 11 is 1.48. The van der Waals surface area contributed by atoms with E-state index >= 15 is 0 Å². The van der Waals surface area contributed by atoms with Crippen LogP contribution < -0.4 is 10.1 Å². The van der Waals surface area contributed by atoms with Gasteiger partial charge in [-0.15, -0.1) is 11.3 Å². The number of amides is 1. The van der Waals surface area contributed by atoms with Crippen LogP contribution in [0, 0.1) is 0 Å². The monoisotopic (exact) mass is 429 g/mol. The molecule has 162 valence electrons. The van der Waals surface area contributed by atoms with E-state index in [0.717, 1.165) is 31.2 Å². The number of rotatable bonds is 6. The maximum atomic E-state index is 12.8. The Morgan fingerprint density at radius 2 is 1.80 bits per heavy atom. The lowest BCUT2D eigenvalue weighted by atomic mass is 9.87. The molecule has 0 aliphatic heterocycles. The third-order valence-electron chi connectivity index (χ3n) is 5.29. The number of fused-ring (bicyclic) bond motifs is 1. The summed E-state index contributed by atoms with van der Waals surface area (Å²) in [5, 5.41) is 3.49. The highest BCUT2D eigenvalue weighted by atomic mass is 32.1. The second kappa shape index (κ2) is 9.21. The number of carbonyl (C=O) groups is 2. The molecule has 0 spiro atoms. The van der Waals surface area contributed by atoms with Gasteiger partial charge in [0.15, 0.2) is 6.10 Å². The fourth-order valence-corrected chi connectivity index (χ4v) is 4.86. The molecule has 5 nitrogen and oxygen atoms in total. The SMILES string of the molecule is CCOC(=O)c1c(NC(=O)[C@H](C)Oc2ccc(C(C)(C)C)cc2)sc2c1CCCC2. The van der Waals surface area contributed by atoms with E-state index in [1.54, 1.807) is 13.8 Å². The Kier molecular flexibility index (Phi) is 6.86. The van der Waals surface area contributed by atoms with Crippen molar-refractivity contribution in [2.45, 2.75) is 71.8 Å². The fourth-order valence-electron chi connectivity index (χ4n) is 3.58. The predicted molar refractivity (Wildman–Crippen MR) is 121 cm³/mol. The number of aryl methyl sites for hydroxylation is 1. The van der Waals surface area contributed by atoms with Gasteiger partial charge in [0.2, 0.25) is 0 Å². The standard InChI is InChI=1S/C24H31NO4S/c1-6-28-23(27)20-18-9-7-8-10-19(18)30-22(20)25-21(26)15(2)29-17-13-11-16(12-14-17)24(3,4)5/h11-15H,6-10H2,1-5H3,(H,25,26)/t15-/m0/s1. The van der Waals surface area contributed by atoms with E-state index in [0.29, 0.717) is 22.9 Å². The molecular formula is C24H31NO4S. The maximum absolute atomic E-state index is 12.8. The lowest BCUT2D eigenvalue weighted by molar-refractivity contribution is -0.122. The van der Waals surface area contributed by atoms with Gasteiger partial charge in [0.1, 0.15) is 10.8 Å². The second-order valence-corrected chi connectivity index (χ2v) is 9.76. The first kappa shape index (κ1) is 22.3. The van der Waals surface area contributed by atoms with Gasteiger partial charge in [-0.2, -0.15) is 0 Å². The minimum Gasteiger partial charge on any atom is -0.481 e. The summed E-state index contributed by atoms with van der Waals surface area (Å²) in [6.07, 6.45) is 3.25. The van der Waals surface area contributed by atoms with Gasteiger partial charge in [-0.3, -0.25) is 4.79 Å². The Bertz CT molecular complexity index is 909. The number of hydrogen-bond acceptors (Lipinski definition) is 5. The Labute approximate surface area is 182 Å². The highest BCUT2D eigenvalue weighted by Crippen LogP contribution is 2.38. The minimum atomic E-state index is -0.695. The van der Waals surface area contributed by atoms with E-state index in [9.17, 15) is 9.59 Å². The van der Waals surface area contributed by atoms with Crippen molar-refractivity contribution in [3.05, 3.63) is 45.8 Å². The van der Waals surface area contributed by atoms with Crippen molar-refractivity contribution < 1.29 is 19.1 Å². The van der Waals surface area contributed by atoms with E-state index in [1.807, 2.05) is 24.3 Å². The molecule has 1 atom stereocenters. The van der Waals surface area contributed by atoms with E-state index in [-0.39, 0.29) is 17.3 Å². The van der Waals surface area contributed by atoms with Gasteiger partial charge < -0.3 is 14.8 Å². The van der Waals surface area contributed by atoms with Crippen LogP contribution in [0.2, 0.25) is 0 Å². The van der Waals surface area contributed by atoms with Gasteiger partial charge in [-0.05, 0) is 68.2 Å². The molecule has 6 heteroatoms. The van der Waals surface area contributed by atoms with Crippen molar-refractivity contribution in [1.29, 1.82) is 0 Å². The number of carbonyl (C=O) groups excluding carboxylic acids is 2. The highest BCUT2D eigenvalue weighted by molar-refractivity contribution is 7.17. The zero-order chi connectivity index (χ0) is 21.9. The van der Waals surface area contributed by atoms with Gasteiger partial charge in [0.05, 0.1) is 12.2 Å². The van der Waals surface area contributed by atoms with Crippen molar-refractivity contribution in [3.63, 3.8) is 0 Å². The summed E-state index contributed by atoms with van der Waals surface area (Å²) in [4.78, 5) is 26.5. The Balaban J connectivity index is 1.73. The van der Waals surface area contributed by atoms with Crippen LogP contribution in [0.3, 0.4) is 0 Å². The molecule has 0 bridgehead atoms. The molecule has 0 fully saturated rings. The second-order valence-electron chi connectivity index (χ2n) is 8.66. The van der Waals surface area contributed by atoms with E-state index < -0.39 is 6.10 Å². The number of esters is 1. The predicted octanol–water partition coefficient (Wildman–Crippen LogP) is 5.51. The maximum Gasteiger partial charge on any atom is 0.341 e. The largest absolute Gasteiger partial charge is 0.481 e. The van der Waals surface area contributed by atoms with Crippen LogP contribution in [0.5, 0.6) is 5.75 Å².